The number of rotatable bonds is 20. The molecule has 2 rings (SSSR count). The molecule has 2 aromatic carbocycles. The third kappa shape index (κ3) is 16.1. The van der Waals surface area contributed by atoms with Crippen molar-refractivity contribution in [2.75, 3.05) is 46.1 Å². The van der Waals surface area contributed by atoms with Crippen LogP contribution in [0.3, 0.4) is 0 Å². The summed E-state index contributed by atoms with van der Waals surface area (Å²) in [7, 11) is 0. The molecule has 2 amide bonds. The van der Waals surface area contributed by atoms with Crippen LogP contribution in [0, 0.1) is 0 Å². The minimum atomic E-state index is -0.723. The highest BCUT2D eigenvalue weighted by molar-refractivity contribution is 5.81. The molecule has 0 spiro atoms. The lowest BCUT2D eigenvalue weighted by atomic mass is 10.1. The lowest BCUT2D eigenvalue weighted by molar-refractivity contribution is -0.138. The molecule has 43 heavy (non-hydrogen) atoms. The lowest BCUT2D eigenvalue weighted by Gasteiger charge is -2.19. The summed E-state index contributed by atoms with van der Waals surface area (Å²) in [5.74, 6) is 0.137. The Kier molecular flexibility index (Phi) is 16.6. The molecule has 12 nitrogen and oxygen atoms in total. The maximum atomic E-state index is 12.3. The second-order valence-corrected chi connectivity index (χ2v) is 8.80. The summed E-state index contributed by atoms with van der Waals surface area (Å²) < 4.78 is 31.9. The van der Waals surface area contributed by atoms with Crippen LogP contribution in [-0.2, 0) is 35.0 Å². The van der Waals surface area contributed by atoms with Crippen LogP contribution < -0.4 is 20.1 Å². The number of benzene rings is 2. The van der Waals surface area contributed by atoms with Crippen LogP contribution in [0.1, 0.15) is 18.4 Å². The molecule has 12 heteroatoms. The Morgan fingerprint density at radius 1 is 0.674 bits per heavy atom. The standard InChI is InChI=1S/C31H38N2O10/c1-3-28(34)38-19-8-17-32-30(36)40-21-16-24-12-14-26(15-13-24)42-23-27(22-41-25-10-6-5-7-11-25)43-31(37)33-18-9-20-39-29(35)4-2/h3-7,10-15,27H,1-2,8-9,16-23H2,(H,32,36)(H,33,37). The van der Waals surface area contributed by atoms with E-state index in [9.17, 15) is 19.2 Å². The van der Waals surface area contributed by atoms with E-state index in [2.05, 4.69) is 23.8 Å². The van der Waals surface area contributed by atoms with Crippen LogP contribution in [0.2, 0.25) is 0 Å². The normalized spacial score (nSPS) is 10.8. The Hall–Kier alpha value is -5.00. The molecule has 0 saturated carbocycles. The van der Waals surface area contributed by atoms with Gasteiger partial charge in [-0.15, -0.1) is 0 Å². The molecule has 1 atom stereocenters. The van der Waals surface area contributed by atoms with Gasteiger partial charge in [-0.05, 0) is 42.7 Å². The van der Waals surface area contributed by atoms with E-state index in [1.807, 2.05) is 30.3 Å². The first-order valence-corrected chi connectivity index (χ1v) is 13.7. The van der Waals surface area contributed by atoms with Crippen molar-refractivity contribution in [1.82, 2.24) is 10.6 Å². The summed E-state index contributed by atoms with van der Waals surface area (Å²) in [4.78, 5) is 46.1. The summed E-state index contributed by atoms with van der Waals surface area (Å²) in [5, 5.41) is 5.19. The first kappa shape index (κ1) is 34.2. The van der Waals surface area contributed by atoms with Gasteiger partial charge in [-0.1, -0.05) is 43.5 Å². The second-order valence-electron chi connectivity index (χ2n) is 8.80. The highest BCUT2D eigenvalue weighted by atomic mass is 16.6. The SMILES string of the molecule is C=CC(=O)OCCCNC(=O)OCCc1ccc(OCC(COc2ccccc2)OC(=O)NCCCOC(=O)C=C)cc1. The van der Waals surface area contributed by atoms with E-state index in [1.54, 1.807) is 24.3 Å². The summed E-state index contributed by atoms with van der Waals surface area (Å²) in [5.41, 5.74) is 0.926. The average Bonchev–Trinajstić information content (AvgIpc) is 3.02. The van der Waals surface area contributed by atoms with Gasteiger partial charge in [0.05, 0.1) is 19.8 Å². The lowest BCUT2D eigenvalue weighted by Crippen LogP contribution is -2.36. The van der Waals surface area contributed by atoms with Crippen molar-refractivity contribution >= 4 is 24.1 Å². The Bertz CT molecular complexity index is 1150. The highest BCUT2D eigenvalue weighted by Gasteiger charge is 2.17. The van der Waals surface area contributed by atoms with E-state index in [0.717, 1.165) is 17.7 Å². The van der Waals surface area contributed by atoms with Gasteiger partial charge < -0.3 is 39.1 Å². The van der Waals surface area contributed by atoms with Crippen LogP contribution >= 0.6 is 0 Å². The number of esters is 2. The van der Waals surface area contributed by atoms with E-state index in [0.29, 0.717) is 37.3 Å². The Morgan fingerprint density at radius 3 is 1.77 bits per heavy atom. The van der Waals surface area contributed by atoms with Gasteiger partial charge in [0.15, 0.2) is 6.10 Å². The van der Waals surface area contributed by atoms with Crippen molar-refractivity contribution in [3.05, 3.63) is 85.5 Å². The Morgan fingerprint density at radius 2 is 1.21 bits per heavy atom. The van der Waals surface area contributed by atoms with Gasteiger partial charge in [0.1, 0.15) is 24.7 Å². The molecule has 0 saturated heterocycles. The molecule has 0 radical (unpaired) electrons. The maximum absolute atomic E-state index is 12.3. The van der Waals surface area contributed by atoms with Crippen molar-refractivity contribution in [3.8, 4) is 11.5 Å². The van der Waals surface area contributed by atoms with E-state index in [1.165, 1.54) is 0 Å². The number of ether oxygens (including phenoxy) is 6. The average molecular weight is 599 g/mol. The summed E-state index contributed by atoms with van der Waals surface area (Å²) >= 11 is 0. The molecule has 232 valence electrons. The summed E-state index contributed by atoms with van der Waals surface area (Å²) in [6.45, 7) is 7.77. The molecular formula is C31H38N2O10. The molecule has 2 N–H and O–H groups in total. The first-order valence-electron chi connectivity index (χ1n) is 13.7. The third-order valence-corrected chi connectivity index (χ3v) is 5.44. The van der Waals surface area contributed by atoms with E-state index in [-0.39, 0.29) is 39.6 Å². The molecule has 1 unspecified atom stereocenters. The smallest absolute Gasteiger partial charge is 0.407 e. The predicted molar refractivity (Wildman–Crippen MR) is 157 cm³/mol. The molecule has 0 heterocycles. The predicted octanol–water partition coefficient (Wildman–Crippen LogP) is 3.75. The molecule has 0 bridgehead atoms. The second kappa shape index (κ2) is 20.8. The van der Waals surface area contributed by atoms with Gasteiger partial charge in [0, 0.05) is 31.7 Å². The number of alkyl carbamates (subject to hydrolysis) is 2. The monoisotopic (exact) mass is 598 g/mol. The molecule has 0 aliphatic carbocycles. The number of carbonyl (C=O) groups excluding carboxylic acids is 4. The third-order valence-electron chi connectivity index (χ3n) is 5.44. The van der Waals surface area contributed by atoms with Crippen LogP contribution in [0.4, 0.5) is 9.59 Å². The van der Waals surface area contributed by atoms with Gasteiger partial charge in [-0.25, -0.2) is 19.2 Å². The highest BCUT2D eigenvalue weighted by Crippen LogP contribution is 2.15. The molecule has 0 aliphatic heterocycles. The van der Waals surface area contributed by atoms with Gasteiger partial charge in [0.25, 0.3) is 0 Å². The number of amides is 2. The van der Waals surface area contributed by atoms with Crippen LogP contribution in [0.25, 0.3) is 0 Å². The van der Waals surface area contributed by atoms with Gasteiger partial charge in [-0.3, -0.25) is 0 Å². The van der Waals surface area contributed by atoms with Crippen molar-refractivity contribution in [2.45, 2.75) is 25.4 Å². The number of hydrogen-bond acceptors (Lipinski definition) is 10. The summed E-state index contributed by atoms with van der Waals surface area (Å²) in [6, 6.07) is 16.3. The van der Waals surface area contributed by atoms with Crippen molar-refractivity contribution in [2.24, 2.45) is 0 Å². The fraction of sp³-hybridized carbons (Fsp3) is 0.355. The van der Waals surface area contributed by atoms with E-state index in [4.69, 9.17) is 28.4 Å². The molecule has 0 fully saturated rings. The van der Waals surface area contributed by atoms with Crippen molar-refractivity contribution < 1.29 is 47.6 Å². The minimum absolute atomic E-state index is 0.0343. The van der Waals surface area contributed by atoms with Crippen LogP contribution in [-0.4, -0.2) is 76.4 Å². The quantitative estimate of drug-likeness (QED) is 0.0999. The number of para-hydroxylation sites is 1. The van der Waals surface area contributed by atoms with Crippen LogP contribution in [0.15, 0.2) is 79.9 Å². The van der Waals surface area contributed by atoms with Gasteiger partial charge in [0.2, 0.25) is 0 Å². The number of nitrogens with one attached hydrogen (secondary N) is 2. The number of carbonyl (C=O) groups is 4. The molecular weight excluding hydrogens is 560 g/mol. The zero-order valence-corrected chi connectivity index (χ0v) is 24.0. The zero-order chi connectivity index (χ0) is 31.1. The van der Waals surface area contributed by atoms with Crippen molar-refractivity contribution in [3.63, 3.8) is 0 Å². The summed E-state index contributed by atoms with van der Waals surface area (Å²) in [6.07, 6.45) is 1.57. The minimum Gasteiger partial charge on any atom is -0.490 e. The van der Waals surface area contributed by atoms with Crippen LogP contribution in [0.5, 0.6) is 11.5 Å². The molecule has 2 aromatic rings. The van der Waals surface area contributed by atoms with Gasteiger partial charge in [-0.2, -0.15) is 0 Å². The maximum Gasteiger partial charge on any atom is 0.407 e. The van der Waals surface area contributed by atoms with E-state index >= 15 is 0 Å². The fourth-order valence-electron chi connectivity index (χ4n) is 3.26. The zero-order valence-electron chi connectivity index (χ0n) is 24.0. The Labute approximate surface area is 250 Å². The first-order chi connectivity index (χ1) is 20.9. The van der Waals surface area contributed by atoms with Gasteiger partial charge >= 0.3 is 24.1 Å². The van der Waals surface area contributed by atoms with Crippen molar-refractivity contribution in [1.29, 1.82) is 0 Å². The fourth-order valence-corrected chi connectivity index (χ4v) is 3.26. The van der Waals surface area contributed by atoms with E-state index < -0.39 is 30.2 Å². The topological polar surface area (TPSA) is 148 Å². The Balaban J connectivity index is 1.74. The number of hydrogen-bond donors (Lipinski definition) is 2. The largest absolute Gasteiger partial charge is 0.490 e. The molecule has 0 aromatic heterocycles. The molecule has 0 aliphatic rings.